The van der Waals surface area contributed by atoms with Gasteiger partial charge in [-0.15, -0.1) is 0 Å². The lowest BCUT2D eigenvalue weighted by molar-refractivity contribution is -0.173. The van der Waals surface area contributed by atoms with Gasteiger partial charge < -0.3 is 20.1 Å². The molecule has 154 valence electrons. The van der Waals surface area contributed by atoms with Gasteiger partial charge in [0.2, 0.25) is 0 Å². The molecule has 4 rings (SSSR count). The van der Waals surface area contributed by atoms with E-state index in [9.17, 15) is 0 Å². The van der Waals surface area contributed by atoms with Crippen molar-refractivity contribution in [3.05, 3.63) is 11.6 Å². The summed E-state index contributed by atoms with van der Waals surface area (Å²) in [7, 11) is 1.97. The molecule has 0 aromatic carbocycles. The highest BCUT2D eigenvalue weighted by Crippen LogP contribution is 2.37. The lowest BCUT2D eigenvalue weighted by Crippen LogP contribution is -2.68. The third-order valence-electron chi connectivity index (χ3n) is 6.39. The number of hydrogen-bond acceptors (Lipinski definition) is 7. The number of nitrogens with one attached hydrogen (secondary N) is 5. The molecule has 1 aliphatic carbocycles. The smallest absolute Gasteiger partial charge is 0.113 e. The number of hydrogen-bond donors (Lipinski definition) is 5. The zero-order chi connectivity index (χ0) is 19.3. The Labute approximate surface area is 164 Å². The Morgan fingerprint density at radius 3 is 3.00 bits per heavy atom. The fourth-order valence-corrected chi connectivity index (χ4v) is 5.08. The average Bonchev–Trinajstić information content (AvgIpc) is 3.02. The molecule has 1 saturated carbocycles. The van der Waals surface area contributed by atoms with Crippen LogP contribution in [0.15, 0.2) is 11.6 Å². The molecule has 0 radical (unpaired) electrons. The summed E-state index contributed by atoms with van der Waals surface area (Å²) >= 11 is 0. The van der Waals surface area contributed by atoms with Crippen LogP contribution in [-0.2, 0) is 9.47 Å². The Kier molecular flexibility index (Phi) is 6.37. The molecule has 3 aliphatic heterocycles. The van der Waals surface area contributed by atoms with Crippen molar-refractivity contribution in [3.63, 3.8) is 0 Å². The maximum absolute atomic E-state index is 7.78. The van der Waals surface area contributed by atoms with Crippen LogP contribution in [0.5, 0.6) is 0 Å². The van der Waals surface area contributed by atoms with Crippen molar-refractivity contribution in [1.82, 2.24) is 26.6 Å². The summed E-state index contributed by atoms with van der Waals surface area (Å²) in [6.45, 7) is 3.86. The standard InChI is InChI=1S/C20H37N5O2/c1-13-10-18(21-2)25-20(23-13)24-15-11-16(14-4-3-6-22-7-5-14)19-17(12-15)26-8-9-27-19/h5,13,15-25H,3-4,6-12H2,1-2H3/i1D. The van der Waals surface area contributed by atoms with Crippen LogP contribution in [-0.4, -0.2) is 70.1 Å². The molecule has 0 aromatic heterocycles. The van der Waals surface area contributed by atoms with Gasteiger partial charge in [0.25, 0.3) is 0 Å². The normalized spacial score (nSPS) is 44.0. The summed E-state index contributed by atoms with van der Waals surface area (Å²) < 4.78 is 20.1. The van der Waals surface area contributed by atoms with Crippen LogP contribution in [0.2, 0.25) is 0 Å². The Morgan fingerprint density at radius 1 is 1.19 bits per heavy atom. The second kappa shape index (κ2) is 9.31. The summed E-state index contributed by atoms with van der Waals surface area (Å²) in [6, 6.07) is 0.560. The van der Waals surface area contributed by atoms with E-state index in [0.717, 1.165) is 38.8 Å². The first-order valence-corrected chi connectivity index (χ1v) is 10.6. The van der Waals surface area contributed by atoms with Gasteiger partial charge in [-0.3, -0.25) is 16.0 Å². The van der Waals surface area contributed by atoms with Crippen LogP contribution in [0.1, 0.15) is 40.4 Å². The van der Waals surface area contributed by atoms with E-state index in [2.05, 4.69) is 32.7 Å². The van der Waals surface area contributed by atoms with Crippen molar-refractivity contribution in [1.29, 1.82) is 0 Å². The molecule has 0 aromatic rings. The van der Waals surface area contributed by atoms with Crippen molar-refractivity contribution >= 4 is 0 Å². The summed E-state index contributed by atoms with van der Waals surface area (Å²) in [5.74, 6) is 0.423. The lowest BCUT2D eigenvalue weighted by atomic mass is 9.75. The SMILES string of the molecule is [2H]CC1CC(NC)NC(NC2CC3OCCOC3C(C3=CCNCCC3)C2)N1. The van der Waals surface area contributed by atoms with Gasteiger partial charge in [-0.1, -0.05) is 11.6 Å². The highest BCUT2D eigenvalue weighted by atomic mass is 16.6. The summed E-state index contributed by atoms with van der Waals surface area (Å²) in [5.41, 5.74) is 1.54. The van der Waals surface area contributed by atoms with Crippen molar-refractivity contribution in [3.8, 4) is 0 Å². The van der Waals surface area contributed by atoms with Gasteiger partial charge in [-0.05, 0) is 52.6 Å². The highest BCUT2D eigenvalue weighted by molar-refractivity contribution is 5.15. The van der Waals surface area contributed by atoms with E-state index in [1.807, 2.05) is 7.05 Å². The molecule has 27 heavy (non-hydrogen) atoms. The molecule has 7 unspecified atom stereocenters. The van der Waals surface area contributed by atoms with Gasteiger partial charge in [0.1, 0.15) is 6.29 Å². The Bertz CT molecular complexity index is 525. The predicted octanol–water partition coefficient (Wildman–Crippen LogP) is 0.249. The lowest BCUT2D eigenvalue weighted by Gasteiger charge is -2.47. The monoisotopic (exact) mass is 380 g/mol. The average molecular weight is 381 g/mol. The van der Waals surface area contributed by atoms with Crippen LogP contribution >= 0.6 is 0 Å². The summed E-state index contributed by atoms with van der Waals surface area (Å²) in [5, 5.41) is 17.7. The van der Waals surface area contributed by atoms with Crippen LogP contribution in [0.4, 0.5) is 0 Å². The minimum absolute atomic E-state index is 0.0121. The Morgan fingerprint density at radius 2 is 2.11 bits per heavy atom. The van der Waals surface area contributed by atoms with Crippen molar-refractivity contribution < 1.29 is 10.8 Å². The molecular weight excluding hydrogens is 342 g/mol. The van der Waals surface area contributed by atoms with Gasteiger partial charge in [0, 0.05) is 25.9 Å². The van der Waals surface area contributed by atoms with Crippen molar-refractivity contribution in [2.45, 2.75) is 75.8 Å². The molecule has 2 saturated heterocycles. The zero-order valence-corrected chi connectivity index (χ0v) is 16.5. The van der Waals surface area contributed by atoms with E-state index in [1.54, 1.807) is 5.57 Å². The summed E-state index contributed by atoms with van der Waals surface area (Å²) in [4.78, 5) is 0. The van der Waals surface area contributed by atoms with Gasteiger partial charge in [-0.2, -0.15) is 0 Å². The topological polar surface area (TPSA) is 78.6 Å². The highest BCUT2D eigenvalue weighted by Gasteiger charge is 2.43. The number of ether oxygens (including phenoxy) is 2. The first-order valence-electron chi connectivity index (χ1n) is 11.3. The molecular formula is C20H37N5O2. The van der Waals surface area contributed by atoms with E-state index in [-0.39, 0.29) is 30.7 Å². The Balaban J connectivity index is 1.44. The molecule has 0 spiro atoms. The van der Waals surface area contributed by atoms with E-state index in [1.165, 1.54) is 6.42 Å². The fraction of sp³-hybridized carbons (Fsp3) is 0.900. The molecule has 3 fully saturated rings. The second-order valence-corrected chi connectivity index (χ2v) is 8.31. The third kappa shape index (κ3) is 4.90. The third-order valence-corrected chi connectivity index (χ3v) is 6.39. The van der Waals surface area contributed by atoms with Crippen molar-refractivity contribution in [2.24, 2.45) is 5.92 Å². The fourth-order valence-electron chi connectivity index (χ4n) is 5.08. The van der Waals surface area contributed by atoms with Gasteiger partial charge in [-0.25, -0.2) is 0 Å². The minimum atomic E-state index is 0.0121. The van der Waals surface area contributed by atoms with Crippen LogP contribution < -0.4 is 26.6 Å². The van der Waals surface area contributed by atoms with Crippen LogP contribution in [0.3, 0.4) is 0 Å². The minimum Gasteiger partial charge on any atom is -0.373 e. The number of rotatable bonds is 4. The van der Waals surface area contributed by atoms with E-state index in [0.29, 0.717) is 32.1 Å². The van der Waals surface area contributed by atoms with E-state index in [4.69, 9.17) is 10.8 Å². The molecule has 5 N–H and O–H groups in total. The van der Waals surface area contributed by atoms with Gasteiger partial charge in [0.15, 0.2) is 0 Å². The number of fused-ring (bicyclic) bond motifs is 1. The molecule has 7 nitrogen and oxygen atoms in total. The maximum atomic E-state index is 7.78. The first-order chi connectivity index (χ1) is 13.8. The molecule has 4 aliphatic rings. The molecule has 7 atom stereocenters. The van der Waals surface area contributed by atoms with Crippen LogP contribution in [0.25, 0.3) is 0 Å². The Hall–Kier alpha value is -0.540. The molecule has 7 heteroatoms. The maximum Gasteiger partial charge on any atom is 0.113 e. The van der Waals surface area contributed by atoms with Crippen LogP contribution in [0, 0.1) is 5.92 Å². The summed E-state index contributed by atoms with van der Waals surface area (Å²) in [6.07, 6.45) is 8.30. The quantitative estimate of drug-likeness (QED) is 0.448. The predicted molar refractivity (Wildman–Crippen MR) is 106 cm³/mol. The molecule has 3 heterocycles. The van der Waals surface area contributed by atoms with E-state index >= 15 is 0 Å². The van der Waals surface area contributed by atoms with Gasteiger partial charge >= 0.3 is 0 Å². The second-order valence-electron chi connectivity index (χ2n) is 8.31. The van der Waals surface area contributed by atoms with Gasteiger partial charge in [0.05, 0.1) is 31.6 Å². The van der Waals surface area contributed by atoms with E-state index < -0.39 is 0 Å². The molecule has 0 bridgehead atoms. The molecule has 0 amide bonds. The zero-order valence-electron chi connectivity index (χ0n) is 17.5. The first kappa shape index (κ1) is 18.5. The van der Waals surface area contributed by atoms with Crippen molar-refractivity contribution in [2.75, 3.05) is 33.4 Å². The largest absolute Gasteiger partial charge is 0.373 e.